The summed E-state index contributed by atoms with van der Waals surface area (Å²) in [6.07, 6.45) is 6.52. The van der Waals surface area contributed by atoms with Crippen molar-refractivity contribution >= 4 is 35.2 Å². The second kappa shape index (κ2) is 7.15. The van der Waals surface area contributed by atoms with Crippen LogP contribution in [0.2, 0.25) is 10.0 Å². The van der Waals surface area contributed by atoms with Crippen LogP contribution in [0, 0.1) is 0 Å². The minimum absolute atomic E-state index is 0.355. The Hall–Kier alpha value is -1.25. The van der Waals surface area contributed by atoms with E-state index in [1.54, 1.807) is 31.2 Å². The molecule has 0 aromatic heterocycles. The maximum atomic E-state index is 11.0. The lowest BCUT2D eigenvalue weighted by Gasteiger charge is -1.96. The first-order chi connectivity index (χ1) is 8.13. The fraction of sp³-hybridized carbons (Fsp3) is 0.154. The Balaban J connectivity index is 2.59. The molecule has 4 heteroatoms. The van der Waals surface area contributed by atoms with E-state index >= 15 is 0 Å². The van der Waals surface area contributed by atoms with Crippen molar-refractivity contribution in [2.75, 3.05) is 6.61 Å². The molecule has 0 bridgehead atoms. The first-order valence-electron chi connectivity index (χ1n) is 5.10. The van der Waals surface area contributed by atoms with E-state index in [2.05, 4.69) is 0 Å². The Kier molecular flexibility index (Phi) is 5.81. The SMILES string of the molecule is CCOC(=O)/C=C/C=C/c1ccc(Cl)c(Cl)c1. The fourth-order valence-corrected chi connectivity index (χ4v) is 1.41. The van der Waals surface area contributed by atoms with Crippen LogP contribution in [0.15, 0.2) is 36.4 Å². The number of hydrogen-bond donors (Lipinski definition) is 0. The highest BCUT2D eigenvalue weighted by atomic mass is 35.5. The number of esters is 1. The smallest absolute Gasteiger partial charge is 0.330 e. The van der Waals surface area contributed by atoms with Crippen molar-refractivity contribution in [1.82, 2.24) is 0 Å². The van der Waals surface area contributed by atoms with E-state index < -0.39 is 0 Å². The van der Waals surface area contributed by atoms with Gasteiger partial charge >= 0.3 is 5.97 Å². The number of benzene rings is 1. The molecule has 0 radical (unpaired) electrons. The topological polar surface area (TPSA) is 26.3 Å². The van der Waals surface area contributed by atoms with E-state index in [1.807, 2.05) is 12.1 Å². The van der Waals surface area contributed by atoms with Gasteiger partial charge in [-0.25, -0.2) is 4.79 Å². The summed E-state index contributed by atoms with van der Waals surface area (Å²) in [5.41, 5.74) is 0.910. The first-order valence-corrected chi connectivity index (χ1v) is 5.85. The van der Waals surface area contributed by atoms with Crippen LogP contribution in [0.1, 0.15) is 12.5 Å². The van der Waals surface area contributed by atoms with Crippen molar-refractivity contribution in [2.24, 2.45) is 0 Å². The summed E-state index contributed by atoms with van der Waals surface area (Å²) in [7, 11) is 0. The zero-order valence-corrected chi connectivity index (χ0v) is 10.8. The van der Waals surface area contributed by atoms with Gasteiger partial charge in [0.25, 0.3) is 0 Å². The highest BCUT2D eigenvalue weighted by Gasteiger charge is 1.96. The van der Waals surface area contributed by atoms with Crippen LogP contribution in [-0.2, 0) is 9.53 Å². The molecule has 90 valence electrons. The average Bonchev–Trinajstić information content (AvgIpc) is 2.29. The molecule has 0 atom stereocenters. The van der Waals surface area contributed by atoms with E-state index in [9.17, 15) is 4.79 Å². The molecular formula is C13H12Cl2O2. The molecule has 0 aliphatic carbocycles. The number of hydrogen-bond acceptors (Lipinski definition) is 2. The third-order valence-corrected chi connectivity index (χ3v) is 2.60. The molecule has 0 aliphatic heterocycles. The summed E-state index contributed by atoms with van der Waals surface area (Å²) in [5, 5.41) is 1.02. The number of carbonyl (C=O) groups is 1. The second-order valence-corrected chi connectivity index (χ2v) is 3.96. The average molecular weight is 271 g/mol. The molecule has 17 heavy (non-hydrogen) atoms. The van der Waals surface area contributed by atoms with Gasteiger partial charge in [0, 0.05) is 6.08 Å². The lowest BCUT2D eigenvalue weighted by molar-refractivity contribution is -0.137. The quantitative estimate of drug-likeness (QED) is 0.467. The maximum absolute atomic E-state index is 11.0. The first kappa shape index (κ1) is 13.8. The normalized spacial score (nSPS) is 11.2. The van der Waals surface area contributed by atoms with Gasteiger partial charge in [-0.3, -0.25) is 0 Å². The van der Waals surface area contributed by atoms with Crippen LogP contribution in [0.4, 0.5) is 0 Å². The van der Waals surface area contributed by atoms with Gasteiger partial charge in [0.05, 0.1) is 16.7 Å². The number of halogens is 2. The standard InChI is InChI=1S/C13H12Cl2O2/c1-2-17-13(16)6-4-3-5-10-7-8-11(14)12(15)9-10/h3-9H,2H2,1H3/b5-3+,6-4+. The molecule has 0 aliphatic rings. The summed E-state index contributed by atoms with van der Waals surface area (Å²) in [6, 6.07) is 5.31. The van der Waals surface area contributed by atoms with Gasteiger partial charge in [-0.1, -0.05) is 47.5 Å². The largest absolute Gasteiger partial charge is 0.463 e. The number of allylic oxidation sites excluding steroid dienone is 2. The summed E-state index contributed by atoms with van der Waals surface area (Å²) < 4.78 is 4.73. The number of ether oxygens (including phenoxy) is 1. The van der Waals surface area contributed by atoms with Gasteiger partial charge in [0.2, 0.25) is 0 Å². The van der Waals surface area contributed by atoms with Crippen LogP contribution in [0.3, 0.4) is 0 Å². The molecule has 1 rings (SSSR count). The van der Waals surface area contributed by atoms with Crippen molar-refractivity contribution in [3.05, 3.63) is 52.0 Å². The molecule has 0 heterocycles. The van der Waals surface area contributed by atoms with Crippen molar-refractivity contribution in [2.45, 2.75) is 6.92 Å². The monoisotopic (exact) mass is 270 g/mol. The molecule has 0 unspecified atom stereocenters. The fourth-order valence-electron chi connectivity index (χ4n) is 1.11. The lowest BCUT2D eigenvalue weighted by Crippen LogP contribution is -1.98. The Labute approximate surface area is 110 Å². The van der Waals surface area contributed by atoms with Gasteiger partial charge < -0.3 is 4.74 Å². The molecule has 0 N–H and O–H groups in total. The van der Waals surface area contributed by atoms with Crippen LogP contribution in [-0.4, -0.2) is 12.6 Å². The molecular weight excluding hydrogens is 259 g/mol. The zero-order chi connectivity index (χ0) is 12.7. The highest BCUT2D eigenvalue weighted by molar-refractivity contribution is 6.42. The maximum Gasteiger partial charge on any atom is 0.330 e. The zero-order valence-electron chi connectivity index (χ0n) is 9.32. The van der Waals surface area contributed by atoms with E-state index in [0.717, 1.165) is 5.56 Å². The Morgan fingerprint density at radius 3 is 2.71 bits per heavy atom. The highest BCUT2D eigenvalue weighted by Crippen LogP contribution is 2.23. The van der Waals surface area contributed by atoms with Crippen LogP contribution >= 0.6 is 23.2 Å². The third-order valence-electron chi connectivity index (χ3n) is 1.86. The van der Waals surface area contributed by atoms with Gasteiger partial charge in [-0.05, 0) is 24.6 Å². The van der Waals surface area contributed by atoms with Crippen molar-refractivity contribution in [3.8, 4) is 0 Å². The molecule has 0 saturated heterocycles. The predicted molar refractivity (Wildman–Crippen MR) is 71.3 cm³/mol. The Morgan fingerprint density at radius 2 is 2.06 bits per heavy atom. The van der Waals surface area contributed by atoms with Crippen LogP contribution in [0.25, 0.3) is 6.08 Å². The second-order valence-electron chi connectivity index (χ2n) is 3.14. The predicted octanol–water partition coefficient (Wildman–Crippen LogP) is 4.13. The van der Waals surface area contributed by atoms with Crippen LogP contribution in [0.5, 0.6) is 0 Å². The van der Waals surface area contributed by atoms with E-state index in [-0.39, 0.29) is 5.97 Å². The number of rotatable bonds is 4. The molecule has 0 spiro atoms. The summed E-state index contributed by atoms with van der Waals surface area (Å²) in [6.45, 7) is 2.14. The van der Waals surface area contributed by atoms with Gasteiger partial charge in [-0.2, -0.15) is 0 Å². The Bertz CT molecular complexity index is 451. The third kappa shape index (κ3) is 5.07. The van der Waals surface area contributed by atoms with Crippen molar-refractivity contribution in [3.63, 3.8) is 0 Å². The molecule has 0 amide bonds. The van der Waals surface area contributed by atoms with E-state index in [0.29, 0.717) is 16.7 Å². The summed E-state index contributed by atoms with van der Waals surface area (Å²) in [5.74, 6) is -0.355. The van der Waals surface area contributed by atoms with E-state index in [4.69, 9.17) is 27.9 Å². The minimum Gasteiger partial charge on any atom is -0.463 e. The Morgan fingerprint density at radius 1 is 1.29 bits per heavy atom. The lowest BCUT2D eigenvalue weighted by atomic mass is 10.2. The molecule has 0 saturated carbocycles. The van der Waals surface area contributed by atoms with Gasteiger partial charge in [-0.15, -0.1) is 0 Å². The van der Waals surface area contributed by atoms with E-state index in [1.165, 1.54) is 6.08 Å². The molecule has 1 aromatic rings. The van der Waals surface area contributed by atoms with Gasteiger partial charge in [0.1, 0.15) is 0 Å². The molecule has 1 aromatic carbocycles. The molecule has 2 nitrogen and oxygen atoms in total. The molecule has 0 fully saturated rings. The summed E-state index contributed by atoms with van der Waals surface area (Å²) in [4.78, 5) is 11.0. The minimum atomic E-state index is -0.355. The van der Waals surface area contributed by atoms with Gasteiger partial charge in [0.15, 0.2) is 0 Å². The van der Waals surface area contributed by atoms with Crippen molar-refractivity contribution in [1.29, 1.82) is 0 Å². The van der Waals surface area contributed by atoms with Crippen LogP contribution < -0.4 is 0 Å². The van der Waals surface area contributed by atoms with Crippen molar-refractivity contribution < 1.29 is 9.53 Å². The number of carbonyl (C=O) groups excluding carboxylic acids is 1. The summed E-state index contributed by atoms with van der Waals surface area (Å²) >= 11 is 11.6.